The summed E-state index contributed by atoms with van der Waals surface area (Å²) in [4.78, 5) is 7.42. The van der Waals surface area contributed by atoms with E-state index in [-0.39, 0.29) is 0 Å². The Morgan fingerprint density at radius 3 is 1.73 bits per heavy atom. The molecule has 0 bridgehead atoms. The molecule has 0 aliphatic heterocycles. The van der Waals surface area contributed by atoms with Gasteiger partial charge in [0.15, 0.2) is 0 Å². The van der Waals surface area contributed by atoms with Crippen LogP contribution in [0.15, 0.2) is 182 Å². The largest absolute Gasteiger partial charge is 0.344 e. The van der Waals surface area contributed by atoms with Gasteiger partial charge >= 0.3 is 0 Å². The van der Waals surface area contributed by atoms with Crippen molar-refractivity contribution in [2.45, 2.75) is 5.41 Å². The van der Waals surface area contributed by atoms with E-state index in [4.69, 9.17) is 4.98 Å². The third kappa shape index (κ3) is 4.18. The number of hydrogen-bond acceptors (Lipinski definition) is 2. The Labute approximate surface area is 281 Å². The predicted octanol–water partition coefficient (Wildman–Crippen LogP) is 10.8. The first-order chi connectivity index (χ1) is 23.7. The van der Waals surface area contributed by atoms with Crippen LogP contribution in [0.2, 0.25) is 0 Å². The quantitative estimate of drug-likeness (QED) is 0.186. The molecule has 0 unspecified atom stereocenters. The van der Waals surface area contributed by atoms with E-state index in [1.807, 2.05) is 6.07 Å². The average Bonchev–Trinajstić information content (AvgIpc) is 3.70. The van der Waals surface area contributed by atoms with Gasteiger partial charge in [-0.25, -0.2) is 4.98 Å². The number of imidazole rings is 1. The van der Waals surface area contributed by atoms with E-state index in [1.165, 1.54) is 33.4 Å². The zero-order valence-electron chi connectivity index (χ0n) is 26.7. The molecule has 1 aliphatic carbocycles. The summed E-state index contributed by atoms with van der Waals surface area (Å²) in [5.41, 5.74) is 13.8. The summed E-state index contributed by atoms with van der Waals surface area (Å²) in [6.07, 6.45) is 0. The molecule has 1 heterocycles. The highest BCUT2D eigenvalue weighted by molar-refractivity contribution is 5.89. The SMILES string of the molecule is CN(c1ccc(-c2nc3ccccc3n2-c2ccccc2)cc1)c1ccccc1C1(c2ccccc2)c2ccccc2-c2ccccc21. The van der Waals surface area contributed by atoms with Crippen molar-refractivity contribution in [3.63, 3.8) is 0 Å². The Hall–Kier alpha value is -6.19. The van der Waals surface area contributed by atoms with Gasteiger partial charge in [-0.05, 0) is 88.0 Å². The molecule has 0 N–H and O–H groups in total. The number of anilines is 2. The summed E-state index contributed by atoms with van der Waals surface area (Å²) in [5.74, 6) is 0.930. The van der Waals surface area contributed by atoms with Gasteiger partial charge in [-0.2, -0.15) is 0 Å². The third-order valence-electron chi connectivity index (χ3n) is 9.92. The minimum atomic E-state index is -0.472. The van der Waals surface area contributed by atoms with Crippen LogP contribution in [-0.2, 0) is 5.41 Å². The van der Waals surface area contributed by atoms with Crippen molar-refractivity contribution in [3.8, 4) is 28.2 Å². The molecule has 1 aromatic heterocycles. The number of hydrogen-bond donors (Lipinski definition) is 0. The van der Waals surface area contributed by atoms with Gasteiger partial charge in [-0.3, -0.25) is 4.57 Å². The van der Waals surface area contributed by atoms with Crippen molar-refractivity contribution in [2.75, 3.05) is 11.9 Å². The van der Waals surface area contributed by atoms with Crippen LogP contribution < -0.4 is 4.90 Å². The highest BCUT2D eigenvalue weighted by Gasteiger charge is 2.47. The third-order valence-corrected chi connectivity index (χ3v) is 9.92. The zero-order valence-corrected chi connectivity index (χ0v) is 26.7. The molecule has 0 spiro atoms. The molecule has 9 rings (SSSR count). The van der Waals surface area contributed by atoms with Crippen LogP contribution in [0.3, 0.4) is 0 Å². The van der Waals surface area contributed by atoms with Crippen LogP contribution in [0.1, 0.15) is 22.3 Å². The highest BCUT2D eigenvalue weighted by atomic mass is 15.1. The monoisotopic (exact) mass is 615 g/mol. The number of rotatable bonds is 6. The lowest BCUT2D eigenvalue weighted by molar-refractivity contribution is 0.766. The first-order valence-corrected chi connectivity index (χ1v) is 16.5. The maximum atomic E-state index is 5.09. The Morgan fingerprint density at radius 2 is 1.04 bits per heavy atom. The van der Waals surface area contributed by atoms with E-state index in [0.717, 1.165) is 39.5 Å². The minimum absolute atomic E-state index is 0.472. The summed E-state index contributed by atoms with van der Waals surface area (Å²) in [6, 6.07) is 65.4. The van der Waals surface area contributed by atoms with Gasteiger partial charge in [0.2, 0.25) is 0 Å². The van der Waals surface area contributed by atoms with Crippen LogP contribution >= 0.6 is 0 Å². The Balaban J connectivity index is 1.19. The first-order valence-electron chi connectivity index (χ1n) is 16.5. The van der Waals surface area contributed by atoms with E-state index >= 15 is 0 Å². The van der Waals surface area contributed by atoms with Crippen molar-refractivity contribution in [3.05, 3.63) is 204 Å². The molecular weight excluding hydrogens is 583 g/mol. The summed E-state index contributed by atoms with van der Waals surface area (Å²) in [7, 11) is 2.18. The van der Waals surface area contributed by atoms with Crippen molar-refractivity contribution >= 4 is 22.4 Å². The second-order valence-electron chi connectivity index (χ2n) is 12.4. The summed E-state index contributed by atoms with van der Waals surface area (Å²) < 4.78 is 2.25. The molecule has 0 saturated heterocycles. The van der Waals surface area contributed by atoms with Gasteiger partial charge in [0.25, 0.3) is 0 Å². The maximum Gasteiger partial charge on any atom is 0.145 e. The fourth-order valence-corrected chi connectivity index (χ4v) is 7.79. The van der Waals surface area contributed by atoms with Gasteiger partial charge in [0, 0.05) is 29.7 Å². The molecule has 228 valence electrons. The Kier molecular flexibility index (Phi) is 6.58. The molecular formula is C45H33N3. The summed E-state index contributed by atoms with van der Waals surface area (Å²) >= 11 is 0. The van der Waals surface area contributed by atoms with Crippen LogP contribution in [0.4, 0.5) is 11.4 Å². The lowest BCUT2D eigenvalue weighted by Crippen LogP contribution is -2.30. The van der Waals surface area contributed by atoms with Gasteiger partial charge in [0.05, 0.1) is 16.4 Å². The minimum Gasteiger partial charge on any atom is -0.344 e. The second-order valence-corrected chi connectivity index (χ2v) is 12.4. The first kappa shape index (κ1) is 28.1. The number of aromatic nitrogens is 2. The number of para-hydroxylation sites is 4. The van der Waals surface area contributed by atoms with E-state index in [9.17, 15) is 0 Å². The topological polar surface area (TPSA) is 21.1 Å². The Bertz CT molecular complexity index is 2360. The maximum absolute atomic E-state index is 5.09. The molecule has 48 heavy (non-hydrogen) atoms. The average molecular weight is 616 g/mol. The van der Waals surface area contributed by atoms with Gasteiger partial charge < -0.3 is 4.90 Å². The van der Waals surface area contributed by atoms with Crippen molar-refractivity contribution in [1.82, 2.24) is 9.55 Å². The number of nitrogens with zero attached hydrogens (tertiary/aromatic N) is 3. The molecule has 7 aromatic carbocycles. The van der Waals surface area contributed by atoms with Gasteiger partial charge in [-0.1, -0.05) is 127 Å². The lowest BCUT2D eigenvalue weighted by Gasteiger charge is -2.37. The van der Waals surface area contributed by atoms with E-state index in [2.05, 4.69) is 192 Å². The normalized spacial score (nSPS) is 12.9. The van der Waals surface area contributed by atoms with E-state index in [1.54, 1.807) is 0 Å². The van der Waals surface area contributed by atoms with Crippen molar-refractivity contribution < 1.29 is 0 Å². The molecule has 8 aromatic rings. The van der Waals surface area contributed by atoms with Crippen molar-refractivity contribution in [1.29, 1.82) is 0 Å². The molecule has 0 fully saturated rings. The van der Waals surface area contributed by atoms with E-state index < -0.39 is 5.41 Å². The van der Waals surface area contributed by atoms with Gasteiger partial charge in [-0.15, -0.1) is 0 Å². The van der Waals surface area contributed by atoms with Crippen LogP contribution in [0.25, 0.3) is 39.2 Å². The van der Waals surface area contributed by atoms with E-state index in [0.29, 0.717) is 0 Å². The molecule has 0 saturated carbocycles. The molecule has 0 radical (unpaired) electrons. The summed E-state index contributed by atoms with van der Waals surface area (Å²) in [5, 5.41) is 0. The standard InChI is InChI=1S/C45H33N3/c1-47(34-30-28-32(29-31-34)44-46-41-25-13-15-27-43(41)48(44)35-18-6-3-7-19-35)42-26-14-12-24-40(42)45(33-16-4-2-5-17-33)38-22-10-8-20-36(38)37-21-9-11-23-39(37)45/h2-31H,1H3. The Morgan fingerprint density at radius 1 is 0.500 bits per heavy atom. The molecule has 1 aliphatic rings. The van der Waals surface area contributed by atoms with Crippen LogP contribution in [-0.4, -0.2) is 16.6 Å². The molecule has 0 amide bonds. The molecule has 0 atom stereocenters. The lowest BCUT2D eigenvalue weighted by atomic mass is 9.67. The highest BCUT2D eigenvalue weighted by Crippen LogP contribution is 2.57. The second kappa shape index (κ2) is 11.3. The summed E-state index contributed by atoms with van der Waals surface area (Å²) in [6.45, 7) is 0. The van der Waals surface area contributed by atoms with Gasteiger partial charge in [0.1, 0.15) is 5.82 Å². The fraction of sp³-hybridized carbons (Fsp3) is 0.0444. The number of benzene rings is 7. The van der Waals surface area contributed by atoms with Crippen LogP contribution in [0, 0.1) is 0 Å². The fourth-order valence-electron chi connectivity index (χ4n) is 7.79. The number of fused-ring (bicyclic) bond motifs is 4. The molecule has 3 heteroatoms. The zero-order chi connectivity index (χ0) is 32.1. The molecule has 3 nitrogen and oxygen atoms in total. The van der Waals surface area contributed by atoms with Crippen LogP contribution in [0.5, 0.6) is 0 Å². The predicted molar refractivity (Wildman–Crippen MR) is 198 cm³/mol. The smallest absolute Gasteiger partial charge is 0.145 e. The van der Waals surface area contributed by atoms with Crippen molar-refractivity contribution in [2.24, 2.45) is 0 Å².